The number of nitrogens with one attached hydrogen (secondary N) is 7. The maximum atomic E-state index is 15.2. The third-order valence-corrected chi connectivity index (χ3v) is 18.2. The van der Waals surface area contributed by atoms with E-state index in [4.69, 9.17) is 52.4 Å². The number of aromatic amines is 1. The molecule has 25 N–H and O–H groups in total. The number of anilines is 1. The average Bonchev–Trinajstić information content (AvgIpc) is 1.16. The van der Waals surface area contributed by atoms with E-state index >= 15 is 4.79 Å². The number of nitrogens with two attached hydrogens (primary N) is 5. The molecule has 540 valence electrons. The van der Waals surface area contributed by atoms with Crippen LogP contribution in [0.3, 0.4) is 0 Å². The molecule has 0 bridgehead atoms. The first-order valence-electron chi connectivity index (χ1n) is 29.8. The summed E-state index contributed by atoms with van der Waals surface area (Å²) in [4.78, 5) is 131. The minimum atomic E-state index is -2.20. The van der Waals surface area contributed by atoms with Crippen molar-refractivity contribution in [3.8, 4) is 10.7 Å². The van der Waals surface area contributed by atoms with Crippen LogP contribution in [0.15, 0.2) is 23.3 Å². The standard InChI is InChI=1S/C55H83N17O21S3.ClH/c1-20-33(69-46(72-44(20)58)25(12-31(57)76)64-13-24(56)45(59)82)50(86)71-35(41(26-14-61-19-65-26)91-54-43(39(80)37(78)29(15-73)90-54)92-53-40(81)42(93-55(60)88)38(79)30(16-74)89-53)51(87)66-22(3)36(77)21(2)47(83)70-34(23(4)75)49(85)63-10-8-32-67-28(18-94-32)52-68-27(17-95-52)48(84)62-9-7-11-96(5)6;/h14,17-19,21-25,29-30,34-43,53-54,64,73-75,77-81H,7-13,15-16,56H2,1-6H3,(H13-,57,58,59,60,61,62,63,65,66,69,70,71,72,76,82,83,84,85,86,87,88);1H/t21-,22?,23-,24+,25?,29-,30+,34-,35-,36-,37+,38+,39-,40-,41-,42-,43-,53+,54?;/m1./s1. The number of aliphatic hydroxyl groups excluding tert-OH is 8. The predicted molar refractivity (Wildman–Crippen MR) is 339 cm³/mol. The van der Waals surface area contributed by atoms with Crippen LogP contribution in [0.2, 0.25) is 0 Å². The number of rotatable bonds is 35. The highest BCUT2D eigenvalue weighted by molar-refractivity contribution is 7.95. The Morgan fingerprint density at radius 1 is 0.784 bits per heavy atom. The van der Waals surface area contributed by atoms with Crippen molar-refractivity contribution in [2.24, 2.45) is 28.9 Å². The van der Waals surface area contributed by atoms with Crippen LogP contribution in [0.5, 0.6) is 0 Å². The van der Waals surface area contributed by atoms with Gasteiger partial charge >= 0.3 is 6.09 Å². The van der Waals surface area contributed by atoms with Gasteiger partial charge in [-0.1, -0.05) is 6.92 Å². The number of H-pyrrole nitrogens is 1. The second kappa shape index (κ2) is 37.3. The zero-order chi connectivity index (χ0) is 71.0. The van der Waals surface area contributed by atoms with E-state index in [1.165, 1.54) is 50.4 Å². The number of thiazole rings is 2. The van der Waals surface area contributed by atoms with Crippen molar-refractivity contribution in [3.05, 3.63) is 56.8 Å². The van der Waals surface area contributed by atoms with Gasteiger partial charge in [0.1, 0.15) is 100 Å². The van der Waals surface area contributed by atoms with Crippen molar-refractivity contribution in [1.82, 2.24) is 61.8 Å². The van der Waals surface area contributed by atoms with Crippen LogP contribution >= 0.6 is 22.7 Å². The number of imidazole rings is 1. The lowest BCUT2D eigenvalue weighted by Crippen LogP contribution is -3.00. The quantitative estimate of drug-likeness (QED) is 0.0150. The second-order valence-corrected chi connectivity index (χ2v) is 27.0. The van der Waals surface area contributed by atoms with Gasteiger partial charge in [0, 0.05) is 55.2 Å². The number of nitrogens with zero attached hydrogens (tertiary/aromatic N) is 5. The largest absolute Gasteiger partial charge is 1.00 e. The van der Waals surface area contributed by atoms with Crippen LogP contribution in [-0.4, -0.2) is 267 Å². The van der Waals surface area contributed by atoms with E-state index in [1.54, 1.807) is 10.8 Å². The topological polar surface area (TPSA) is 627 Å². The molecule has 6 heterocycles. The zero-order valence-electron chi connectivity index (χ0n) is 53.3. The first-order chi connectivity index (χ1) is 45.3. The van der Waals surface area contributed by atoms with Gasteiger partial charge in [0.2, 0.25) is 29.5 Å². The van der Waals surface area contributed by atoms with E-state index in [9.17, 15) is 74.4 Å². The Labute approximate surface area is 571 Å². The first-order valence-corrected chi connectivity index (χ1v) is 33.8. The Morgan fingerprint density at radius 3 is 2.08 bits per heavy atom. The number of aromatic nitrogens is 6. The molecule has 6 rings (SSSR count). The maximum Gasteiger partial charge on any atom is 0.404 e. The molecule has 0 aromatic carbocycles. The third kappa shape index (κ3) is 21.7. The molecule has 0 radical (unpaired) electrons. The molecule has 38 nitrogen and oxygen atoms in total. The highest BCUT2D eigenvalue weighted by Gasteiger charge is 2.54. The SMILES string of the molecule is Cc1c(N)nc(C(CC(N)=O)NC[C@H](N)C(N)=O)nc1C(=O)N[C@@H](C(=O)NC(C)[C@H](O)[C@@H](C)C(=O)N[C@@H](C(=O)NCCc1nc(-c2nc(C(=O)NCCC[S+](C)C)cs2)cs1)[C@@H](C)O)[C@H](OC1O[C@H](CO)[C@H](O)[C@@H](O)[C@H]1O[C@@H]1O[C@@H](CO)[C@H](O)[C@@H](OC(N)=O)[C@H]1O)c1cnc[nH]1.[Cl-]. The molecule has 97 heavy (non-hydrogen) atoms. The Hall–Kier alpha value is -7.01. The summed E-state index contributed by atoms with van der Waals surface area (Å²) in [6.45, 7) is 3.18. The number of halogens is 1. The molecule has 0 saturated carbocycles. The predicted octanol–water partition coefficient (Wildman–Crippen LogP) is -10.7. The number of nitrogen functional groups attached to an aromatic ring is 1. The number of amides is 8. The summed E-state index contributed by atoms with van der Waals surface area (Å²) in [6, 6.07) is -7.85. The lowest BCUT2D eigenvalue weighted by molar-refractivity contribution is -0.372. The van der Waals surface area contributed by atoms with E-state index in [-0.39, 0.29) is 77.3 Å². The molecule has 2 saturated heterocycles. The molecule has 8 amide bonds. The van der Waals surface area contributed by atoms with Crippen molar-refractivity contribution in [3.63, 3.8) is 0 Å². The number of hydrogen-bond acceptors (Lipinski definition) is 31. The van der Waals surface area contributed by atoms with Gasteiger partial charge in [-0.2, -0.15) is 0 Å². The lowest BCUT2D eigenvalue weighted by Gasteiger charge is -2.47. The van der Waals surface area contributed by atoms with Gasteiger partial charge in [-0.3, -0.25) is 33.6 Å². The van der Waals surface area contributed by atoms with Gasteiger partial charge in [-0.25, -0.2) is 29.7 Å². The molecule has 0 spiro atoms. The van der Waals surface area contributed by atoms with Crippen molar-refractivity contribution in [2.75, 3.05) is 56.8 Å². The summed E-state index contributed by atoms with van der Waals surface area (Å²) >= 11 is 2.52. The summed E-state index contributed by atoms with van der Waals surface area (Å²) < 4.78 is 28.7. The molecule has 3 unspecified atom stereocenters. The summed E-state index contributed by atoms with van der Waals surface area (Å²) in [7, 11) is 0.254. The number of aliphatic hydroxyl groups is 8. The smallest absolute Gasteiger partial charge is 0.404 e. The molecular formula is C55H84ClN17O21S3. The van der Waals surface area contributed by atoms with E-state index in [1.807, 2.05) is 0 Å². The zero-order valence-corrected chi connectivity index (χ0v) is 56.5. The molecule has 2 aliphatic heterocycles. The van der Waals surface area contributed by atoms with Crippen molar-refractivity contribution < 1.29 is 115 Å². The highest BCUT2D eigenvalue weighted by Crippen LogP contribution is 2.35. The van der Waals surface area contributed by atoms with Crippen LogP contribution in [-0.2, 0) is 65.0 Å². The maximum absolute atomic E-state index is 15.2. The Balaban J connectivity index is 0.0000170. The van der Waals surface area contributed by atoms with Crippen LogP contribution < -0.4 is 73.0 Å². The van der Waals surface area contributed by atoms with Crippen LogP contribution in [0.25, 0.3) is 10.7 Å². The summed E-state index contributed by atoms with van der Waals surface area (Å²) in [5.74, 6) is -7.69. The number of primary amides is 3. The molecule has 4 aromatic heterocycles. The Bertz CT molecular complexity index is 3290. The van der Waals surface area contributed by atoms with E-state index in [0.29, 0.717) is 22.3 Å². The molecule has 19 atom stereocenters. The van der Waals surface area contributed by atoms with E-state index < -0.39 is 183 Å². The van der Waals surface area contributed by atoms with Gasteiger partial charge < -0.3 is 142 Å². The fourth-order valence-corrected chi connectivity index (χ4v) is 12.1. The minimum Gasteiger partial charge on any atom is -1.00 e. The Kier molecular flexibility index (Phi) is 31.0. The van der Waals surface area contributed by atoms with Gasteiger partial charge in [-0.15, -0.1) is 22.7 Å². The molecule has 4 aromatic rings. The minimum absolute atomic E-state index is 0. The average molecular weight is 1450 g/mol. The molecule has 42 heteroatoms. The molecule has 2 fully saturated rings. The number of hydrogen-bond donors (Lipinski definition) is 20. The van der Waals surface area contributed by atoms with Gasteiger partial charge in [-0.05, 0) is 31.7 Å². The fourth-order valence-electron chi connectivity index (χ4n) is 9.80. The number of carbonyl (C=O) groups excluding carboxylic acids is 8. The first kappa shape index (κ1) is 80.7. The van der Waals surface area contributed by atoms with Gasteiger partial charge in [0.05, 0.1) is 85.2 Å². The summed E-state index contributed by atoms with van der Waals surface area (Å²) in [5.41, 5.74) is 28.1. The van der Waals surface area contributed by atoms with Crippen LogP contribution in [0.1, 0.15) is 88.8 Å². The highest BCUT2D eigenvalue weighted by atomic mass is 35.5. The molecule has 2 aliphatic rings. The van der Waals surface area contributed by atoms with E-state index in [2.05, 4.69) is 74.3 Å². The monoisotopic (exact) mass is 1450 g/mol. The number of carbonyl (C=O) groups is 8. The second-order valence-electron chi connectivity index (χ2n) is 22.8. The molecular weight excluding hydrogens is 1370 g/mol. The fraction of sp³-hybridized carbons (Fsp3) is 0.618. The van der Waals surface area contributed by atoms with Crippen LogP contribution in [0, 0.1) is 12.8 Å². The summed E-state index contributed by atoms with van der Waals surface area (Å²) in [6.07, 6.45) is -20.0. The third-order valence-electron chi connectivity index (χ3n) is 15.3. The van der Waals surface area contributed by atoms with Crippen molar-refractivity contribution in [2.45, 2.75) is 157 Å². The molecule has 0 aliphatic carbocycles. The van der Waals surface area contributed by atoms with Gasteiger partial charge in [0.15, 0.2) is 18.7 Å². The van der Waals surface area contributed by atoms with Gasteiger partial charge in [0.25, 0.3) is 11.8 Å². The lowest BCUT2D eigenvalue weighted by atomic mass is 9.96. The van der Waals surface area contributed by atoms with E-state index in [0.717, 1.165) is 24.7 Å². The normalized spacial score (nSPS) is 23.8. The summed E-state index contributed by atoms with van der Waals surface area (Å²) in [5, 5.41) is 108. The van der Waals surface area contributed by atoms with Crippen molar-refractivity contribution in [1.29, 1.82) is 0 Å². The van der Waals surface area contributed by atoms with Crippen molar-refractivity contribution >= 4 is 86.8 Å². The number of ether oxygens (including phenoxy) is 5. The Morgan fingerprint density at radius 2 is 1.46 bits per heavy atom. The van der Waals surface area contributed by atoms with Crippen LogP contribution in [0.4, 0.5) is 10.6 Å².